The molecule has 0 fully saturated rings. The van der Waals surface area contributed by atoms with E-state index in [1.54, 1.807) is 15.6 Å². The van der Waals surface area contributed by atoms with Crippen molar-refractivity contribution in [2.45, 2.75) is 32.7 Å². The fourth-order valence-corrected chi connectivity index (χ4v) is 44.3. The van der Waals surface area contributed by atoms with Crippen LogP contribution in [0.15, 0.2) is 97.1 Å². The zero-order valence-electron chi connectivity index (χ0n) is 21.2. The second-order valence-electron chi connectivity index (χ2n) is 10.7. The summed E-state index contributed by atoms with van der Waals surface area (Å²) in [5, 5.41) is 7.69. The van der Waals surface area contributed by atoms with E-state index >= 15 is 0 Å². The molecule has 0 spiro atoms. The molecule has 4 rings (SSSR count). The van der Waals surface area contributed by atoms with Gasteiger partial charge in [0.05, 0.1) is 22.3 Å². The van der Waals surface area contributed by atoms with Crippen LogP contribution < -0.4 is 20.5 Å². The van der Waals surface area contributed by atoms with Gasteiger partial charge in [0.25, 0.3) is 0 Å². The van der Waals surface area contributed by atoms with Gasteiger partial charge >= 0.3 is 0 Å². The van der Waals surface area contributed by atoms with Gasteiger partial charge in [-0.3, -0.25) is 0 Å². The highest BCUT2D eigenvalue weighted by atomic mass is 29.6. The molecule has 0 radical (unpaired) electrons. The van der Waals surface area contributed by atoms with Crippen molar-refractivity contribution in [3.8, 4) is 0 Å². The highest BCUT2D eigenvalue weighted by molar-refractivity contribution is 7.77. The Bertz CT molecular complexity index is 1190. The SMILES string of the molecule is CN(C)c1cccc2cccc([Si](C)([Si](C)(C)c3ccccc3)[Si](C)(C)c3ccccc3)c12. The van der Waals surface area contributed by atoms with Crippen molar-refractivity contribution >= 4 is 54.3 Å². The van der Waals surface area contributed by atoms with Crippen molar-refractivity contribution in [3.05, 3.63) is 97.1 Å². The Labute approximate surface area is 202 Å². The lowest BCUT2D eigenvalue weighted by molar-refractivity contribution is 1.14. The Morgan fingerprint density at radius 3 is 1.42 bits per heavy atom. The van der Waals surface area contributed by atoms with Crippen LogP contribution in [0.3, 0.4) is 0 Å². The van der Waals surface area contributed by atoms with Gasteiger partial charge in [0.1, 0.15) is 0 Å². The summed E-state index contributed by atoms with van der Waals surface area (Å²) in [5.74, 6) is 0. The lowest BCUT2D eigenvalue weighted by Gasteiger charge is -2.52. The fraction of sp³-hybridized carbons (Fsp3) is 0.241. The molecule has 0 aliphatic heterocycles. The van der Waals surface area contributed by atoms with Crippen molar-refractivity contribution in [3.63, 3.8) is 0 Å². The first-order valence-corrected chi connectivity index (χ1v) is 22.4. The van der Waals surface area contributed by atoms with Crippen molar-refractivity contribution in [1.29, 1.82) is 0 Å². The van der Waals surface area contributed by atoms with E-state index in [0.29, 0.717) is 0 Å². The minimum atomic E-state index is -2.05. The zero-order valence-corrected chi connectivity index (χ0v) is 24.2. The number of rotatable bonds is 6. The van der Waals surface area contributed by atoms with Crippen LogP contribution in [0.4, 0.5) is 5.69 Å². The van der Waals surface area contributed by atoms with Crippen molar-refractivity contribution in [2.24, 2.45) is 0 Å². The molecule has 0 saturated heterocycles. The third-order valence-electron chi connectivity index (χ3n) is 8.39. The summed E-state index contributed by atoms with van der Waals surface area (Å²) in [6.45, 7) is 13.4. The molecule has 0 saturated carbocycles. The van der Waals surface area contributed by atoms with Crippen LogP contribution in [0.5, 0.6) is 0 Å². The highest BCUT2D eigenvalue weighted by Crippen LogP contribution is 2.34. The lowest BCUT2D eigenvalue weighted by atomic mass is 10.1. The van der Waals surface area contributed by atoms with Gasteiger partial charge in [0, 0.05) is 25.2 Å². The molecule has 0 bridgehead atoms. The van der Waals surface area contributed by atoms with Crippen LogP contribution in [0.1, 0.15) is 0 Å². The van der Waals surface area contributed by atoms with Crippen LogP contribution in [-0.2, 0) is 0 Å². The minimum Gasteiger partial charge on any atom is -0.377 e. The molecular weight excluding hydrogens is 447 g/mol. The van der Waals surface area contributed by atoms with Crippen molar-refractivity contribution in [2.75, 3.05) is 19.0 Å². The number of hydrogen-bond acceptors (Lipinski definition) is 1. The molecule has 170 valence electrons. The van der Waals surface area contributed by atoms with Gasteiger partial charge in [0.2, 0.25) is 0 Å². The summed E-state index contributed by atoms with van der Waals surface area (Å²) < 4.78 is 0. The Hall–Kier alpha value is -2.41. The van der Waals surface area contributed by atoms with Gasteiger partial charge < -0.3 is 4.90 Å². The number of hydrogen-bond donors (Lipinski definition) is 0. The number of nitrogens with zero attached hydrogens (tertiary/aromatic N) is 1. The standard InChI is InChI=1S/C29H37NSi3/c1-30(2)27-22-14-16-24-17-15-23-28(29(24)27)33(7,31(3,4)25-18-10-8-11-19-25)32(5,6)26-20-12-9-13-21-26/h8-23H,1-7H3. The minimum absolute atomic E-state index is 1.34. The van der Waals surface area contributed by atoms with E-state index in [0.717, 1.165) is 0 Å². The quantitative estimate of drug-likeness (QED) is 0.324. The predicted octanol–water partition coefficient (Wildman–Crippen LogP) is 5.58. The summed E-state index contributed by atoms with van der Waals surface area (Å²) in [6, 6.07) is 36.8. The smallest absolute Gasteiger partial charge is 0.0824 e. The average Bonchev–Trinajstić information content (AvgIpc) is 2.83. The molecule has 0 aromatic heterocycles. The molecule has 4 heteroatoms. The second-order valence-corrected chi connectivity index (χ2v) is 36.1. The molecule has 4 aromatic carbocycles. The topological polar surface area (TPSA) is 3.24 Å². The summed E-state index contributed by atoms with van der Waals surface area (Å²) in [5.41, 5.74) is 1.34. The predicted molar refractivity (Wildman–Crippen MR) is 157 cm³/mol. The Balaban J connectivity index is 2.14. The van der Waals surface area contributed by atoms with E-state index in [-0.39, 0.29) is 0 Å². The lowest BCUT2D eigenvalue weighted by Crippen LogP contribution is -2.85. The Morgan fingerprint density at radius 2 is 0.970 bits per heavy atom. The zero-order chi connectivity index (χ0) is 23.9. The fourth-order valence-electron chi connectivity index (χ4n) is 5.85. The molecule has 1 nitrogen and oxygen atoms in total. The summed E-state index contributed by atoms with van der Waals surface area (Å²) >= 11 is 0. The van der Waals surface area contributed by atoms with Crippen LogP contribution >= 0.6 is 0 Å². The summed E-state index contributed by atoms with van der Waals surface area (Å²) in [6.07, 6.45) is 0. The molecular formula is C29H37NSi3. The summed E-state index contributed by atoms with van der Waals surface area (Å²) in [7, 11) is -1.45. The molecule has 0 N–H and O–H groups in total. The van der Waals surface area contributed by atoms with Crippen LogP contribution in [0, 0.1) is 0 Å². The van der Waals surface area contributed by atoms with Crippen molar-refractivity contribution < 1.29 is 0 Å². The molecule has 0 amide bonds. The van der Waals surface area contributed by atoms with E-state index in [2.05, 4.69) is 149 Å². The van der Waals surface area contributed by atoms with E-state index < -0.39 is 22.3 Å². The maximum atomic E-state index is 2.74. The third kappa shape index (κ3) is 3.74. The number of anilines is 1. The largest absolute Gasteiger partial charge is 0.377 e. The molecule has 0 aliphatic carbocycles. The first-order chi connectivity index (χ1) is 15.6. The molecule has 33 heavy (non-hydrogen) atoms. The van der Waals surface area contributed by atoms with Gasteiger partial charge in [0.15, 0.2) is 0 Å². The molecule has 0 unspecified atom stereocenters. The second kappa shape index (κ2) is 8.75. The third-order valence-corrected chi connectivity index (χ3v) is 48.0. The van der Waals surface area contributed by atoms with Gasteiger partial charge in [-0.05, 0) is 11.5 Å². The van der Waals surface area contributed by atoms with Gasteiger partial charge in [-0.25, -0.2) is 0 Å². The van der Waals surface area contributed by atoms with Crippen LogP contribution in [0.2, 0.25) is 32.7 Å². The number of fused-ring (bicyclic) bond motifs is 1. The normalized spacial score (nSPS) is 12.7. The average molecular weight is 484 g/mol. The van der Waals surface area contributed by atoms with Crippen LogP contribution in [-0.4, -0.2) is 36.4 Å². The monoisotopic (exact) mass is 483 g/mol. The van der Waals surface area contributed by atoms with E-state index in [4.69, 9.17) is 0 Å². The van der Waals surface area contributed by atoms with Gasteiger partial charge in [-0.1, -0.05) is 139 Å². The maximum absolute atomic E-state index is 2.74. The van der Waals surface area contributed by atoms with E-state index in [1.807, 2.05) is 0 Å². The Kier molecular flexibility index (Phi) is 6.29. The van der Waals surface area contributed by atoms with Crippen LogP contribution in [0.25, 0.3) is 10.8 Å². The highest BCUT2D eigenvalue weighted by Gasteiger charge is 2.58. The first kappa shape index (κ1) is 23.7. The molecule has 0 aliphatic rings. The number of benzene rings is 4. The molecule has 0 heterocycles. The summed E-state index contributed by atoms with van der Waals surface area (Å²) in [4.78, 5) is 2.30. The van der Waals surface area contributed by atoms with Crippen molar-refractivity contribution in [1.82, 2.24) is 0 Å². The molecule has 0 atom stereocenters. The van der Waals surface area contributed by atoms with E-state index in [1.165, 1.54) is 16.5 Å². The van der Waals surface area contributed by atoms with E-state index in [9.17, 15) is 0 Å². The van der Waals surface area contributed by atoms with Gasteiger partial charge in [-0.15, -0.1) is 0 Å². The maximum Gasteiger partial charge on any atom is 0.0824 e. The Morgan fingerprint density at radius 1 is 0.515 bits per heavy atom. The first-order valence-electron chi connectivity index (χ1n) is 11.9. The molecule has 4 aromatic rings. The van der Waals surface area contributed by atoms with Gasteiger partial charge in [-0.2, -0.15) is 0 Å².